The van der Waals surface area contributed by atoms with Crippen LogP contribution in [0.3, 0.4) is 0 Å². The summed E-state index contributed by atoms with van der Waals surface area (Å²) in [6.07, 6.45) is -2.20. The number of aliphatic hydroxyl groups excluding tert-OH is 1. The van der Waals surface area contributed by atoms with Crippen LogP contribution in [0.15, 0.2) is 0 Å². The minimum absolute atomic E-state index is 0.225. The van der Waals surface area contributed by atoms with E-state index >= 15 is 0 Å². The van der Waals surface area contributed by atoms with Gasteiger partial charge in [-0.05, 0) is 26.2 Å². The molecule has 5 nitrogen and oxygen atoms in total. The summed E-state index contributed by atoms with van der Waals surface area (Å²) in [6.45, 7) is 11.9. The summed E-state index contributed by atoms with van der Waals surface area (Å²) in [5.41, 5.74) is -0.576. The Morgan fingerprint density at radius 1 is 1.16 bits per heavy atom. The highest BCUT2D eigenvalue weighted by atomic mass is 16.7. The lowest BCUT2D eigenvalue weighted by molar-refractivity contribution is -0.301. The molecule has 19 heavy (non-hydrogen) atoms. The third-order valence-electron chi connectivity index (χ3n) is 2.90. The van der Waals surface area contributed by atoms with Gasteiger partial charge in [0.25, 0.3) is 0 Å². The molecule has 4 atom stereocenters. The first kappa shape index (κ1) is 16.6. The van der Waals surface area contributed by atoms with Gasteiger partial charge in [-0.3, -0.25) is 0 Å². The number of aliphatic hydroxyl groups is 1. The molecule has 1 saturated heterocycles. The van der Waals surface area contributed by atoms with Crippen molar-refractivity contribution in [1.29, 1.82) is 0 Å². The first-order valence-corrected chi connectivity index (χ1v) is 6.63. The Balaban J connectivity index is 2.72. The Morgan fingerprint density at radius 3 is 2.16 bits per heavy atom. The van der Waals surface area contributed by atoms with Crippen LogP contribution >= 0.6 is 0 Å². The van der Waals surface area contributed by atoms with Gasteiger partial charge in [0, 0.05) is 0 Å². The minimum atomic E-state index is -1.14. The van der Waals surface area contributed by atoms with Gasteiger partial charge in [0.15, 0.2) is 12.6 Å². The maximum absolute atomic E-state index is 11.0. The summed E-state index contributed by atoms with van der Waals surface area (Å²) in [6, 6.07) is 0. The second kappa shape index (κ2) is 5.87. The SMILES string of the molecule is CC(C)(C)OCC1OC(C(C)(C)C)C(C=O)OC1O. The van der Waals surface area contributed by atoms with E-state index in [4.69, 9.17) is 14.2 Å². The maximum atomic E-state index is 11.0. The molecule has 1 N–H and O–H groups in total. The second-order valence-electron chi connectivity index (χ2n) is 7.01. The van der Waals surface area contributed by atoms with Gasteiger partial charge >= 0.3 is 0 Å². The number of carbonyl (C=O) groups is 1. The van der Waals surface area contributed by atoms with Crippen molar-refractivity contribution >= 4 is 6.29 Å². The fourth-order valence-corrected chi connectivity index (χ4v) is 1.91. The second-order valence-corrected chi connectivity index (χ2v) is 7.01. The van der Waals surface area contributed by atoms with Crippen LogP contribution in [0.25, 0.3) is 0 Å². The van der Waals surface area contributed by atoms with Crippen molar-refractivity contribution in [2.24, 2.45) is 5.41 Å². The van der Waals surface area contributed by atoms with Crippen molar-refractivity contribution in [3.05, 3.63) is 0 Å². The predicted octanol–water partition coefficient (Wildman–Crippen LogP) is 1.52. The first-order chi connectivity index (χ1) is 8.54. The molecule has 1 aliphatic rings. The van der Waals surface area contributed by atoms with Crippen LogP contribution in [0.5, 0.6) is 0 Å². The quantitative estimate of drug-likeness (QED) is 0.790. The Labute approximate surface area is 115 Å². The third-order valence-corrected chi connectivity index (χ3v) is 2.90. The molecule has 1 aliphatic heterocycles. The molecule has 1 heterocycles. The molecular formula is C14H26O5. The molecule has 0 amide bonds. The Morgan fingerprint density at radius 2 is 1.74 bits per heavy atom. The van der Waals surface area contributed by atoms with Crippen LogP contribution < -0.4 is 0 Å². The van der Waals surface area contributed by atoms with Crippen molar-refractivity contribution in [3.63, 3.8) is 0 Å². The molecule has 5 heteroatoms. The van der Waals surface area contributed by atoms with Gasteiger partial charge < -0.3 is 24.1 Å². The number of hydrogen-bond donors (Lipinski definition) is 1. The van der Waals surface area contributed by atoms with Gasteiger partial charge in [-0.2, -0.15) is 0 Å². The Hall–Kier alpha value is -0.490. The van der Waals surface area contributed by atoms with Crippen LogP contribution in [-0.2, 0) is 19.0 Å². The van der Waals surface area contributed by atoms with E-state index in [1.165, 1.54) is 0 Å². The van der Waals surface area contributed by atoms with E-state index < -0.39 is 24.6 Å². The fourth-order valence-electron chi connectivity index (χ4n) is 1.91. The lowest BCUT2D eigenvalue weighted by Gasteiger charge is -2.43. The van der Waals surface area contributed by atoms with Crippen molar-refractivity contribution < 1.29 is 24.1 Å². The summed E-state index contributed by atoms with van der Waals surface area (Å²) in [5, 5.41) is 9.86. The standard InChI is InChI=1S/C14H26O5/c1-13(2,3)11-9(7-15)19-12(16)10(18-11)8-17-14(4,5)6/h7,9-12,16H,8H2,1-6H3. The van der Waals surface area contributed by atoms with Crippen LogP contribution in [0, 0.1) is 5.41 Å². The average Bonchev–Trinajstić information content (AvgIpc) is 2.24. The summed E-state index contributed by atoms with van der Waals surface area (Å²) < 4.78 is 16.8. The van der Waals surface area contributed by atoms with Gasteiger partial charge in [0.1, 0.15) is 12.2 Å². The number of carbonyl (C=O) groups excluding carboxylic acids is 1. The smallest absolute Gasteiger partial charge is 0.184 e. The molecule has 0 aliphatic carbocycles. The van der Waals surface area contributed by atoms with Crippen LogP contribution in [-0.4, -0.2) is 48.2 Å². The van der Waals surface area contributed by atoms with Gasteiger partial charge in [0.05, 0.1) is 18.3 Å². The van der Waals surface area contributed by atoms with Gasteiger partial charge in [-0.15, -0.1) is 0 Å². The molecule has 0 bridgehead atoms. The highest BCUT2D eigenvalue weighted by Crippen LogP contribution is 2.32. The van der Waals surface area contributed by atoms with E-state index in [2.05, 4.69) is 0 Å². The normalized spacial score (nSPS) is 33.2. The summed E-state index contributed by atoms with van der Waals surface area (Å²) in [4.78, 5) is 11.0. The molecule has 0 aromatic carbocycles. The number of ether oxygens (including phenoxy) is 3. The molecule has 0 aromatic heterocycles. The molecule has 0 radical (unpaired) electrons. The van der Waals surface area contributed by atoms with E-state index in [0.29, 0.717) is 6.29 Å². The lowest BCUT2D eigenvalue weighted by atomic mass is 9.85. The molecule has 1 rings (SSSR count). The van der Waals surface area contributed by atoms with E-state index in [1.54, 1.807) is 0 Å². The fraction of sp³-hybridized carbons (Fsp3) is 0.929. The molecule has 112 valence electrons. The Kier molecular flexibility index (Phi) is 5.12. The number of rotatable bonds is 3. The zero-order chi connectivity index (χ0) is 14.8. The number of hydrogen-bond acceptors (Lipinski definition) is 5. The minimum Gasteiger partial charge on any atom is -0.373 e. The average molecular weight is 274 g/mol. The van der Waals surface area contributed by atoms with Gasteiger partial charge in [-0.1, -0.05) is 20.8 Å². The van der Waals surface area contributed by atoms with Crippen molar-refractivity contribution in [2.45, 2.75) is 71.7 Å². The van der Waals surface area contributed by atoms with Gasteiger partial charge in [0.2, 0.25) is 0 Å². The predicted molar refractivity (Wildman–Crippen MR) is 70.8 cm³/mol. The largest absolute Gasteiger partial charge is 0.373 e. The van der Waals surface area contributed by atoms with Gasteiger partial charge in [-0.25, -0.2) is 0 Å². The summed E-state index contributed by atoms with van der Waals surface area (Å²) >= 11 is 0. The number of aldehydes is 1. The van der Waals surface area contributed by atoms with Crippen molar-refractivity contribution in [2.75, 3.05) is 6.61 Å². The molecule has 1 fully saturated rings. The highest BCUT2D eigenvalue weighted by Gasteiger charge is 2.43. The molecule has 0 spiro atoms. The van der Waals surface area contributed by atoms with E-state index in [9.17, 15) is 9.90 Å². The molecule has 0 aromatic rings. The van der Waals surface area contributed by atoms with E-state index in [0.717, 1.165) is 0 Å². The monoisotopic (exact) mass is 274 g/mol. The van der Waals surface area contributed by atoms with Crippen LogP contribution in [0.2, 0.25) is 0 Å². The van der Waals surface area contributed by atoms with Crippen molar-refractivity contribution in [1.82, 2.24) is 0 Å². The summed E-state index contributed by atoms with van der Waals surface area (Å²) in [7, 11) is 0. The van der Waals surface area contributed by atoms with Crippen molar-refractivity contribution in [3.8, 4) is 0 Å². The highest BCUT2D eigenvalue weighted by molar-refractivity contribution is 5.57. The molecule has 4 unspecified atom stereocenters. The molecule has 0 saturated carbocycles. The van der Waals surface area contributed by atoms with Crippen LogP contribution in [0.4, 0.5) is 0 Å². The van der Waals surface area contributed by atoms with Crippen LogP contribution in [0.1, 0.15) is 41.5 Å². The maximum Gasteiger partial charge on any atom is 0.184 e. The zero-order valence-corrected chi connectivity index (χ0v) is 12.7. The topological polar surface area (TPSA) is 65.0 Å². The molecular weight excluding hydrogens is 248 g/mol. The third kappa shape index (κ3) is 4.84. The lowest BCUT2D eigenvalue weighted by Crippen LogP contribution is -2.56. The van der Waals surface area contributed by atoms with E-state index in [1.807, 2.05) is 41.5 Å². The summed E-state index contributed by atoms with van der Waals surface area (Å²) in [5.74, 6) is 0. The van der Waals surface area contributed by atoms with E-state index in [-0.39, 0.29) is 17.6 Å². The zero-order valence-electron chi connectivity index (χ0n) is 12.7. The first-order valence-electron chi connectivity index (χ1n) is 6.63. The Bertz CT molecular complexity index is 302.